The smallest absolute Gasteiger partial charge is 0.330 e. The van der Waals surface area contributed by atoms with Gasteiger partial charge in [0.2, 0.25) is 0 Å². The molecule has 1 fully saturated rings. The van der Waals surface area contributed by atoms with Gasteiger partial charge in [-0.2, -0.15) is 0 Å². The van der Waals surface area contributed by atoms with Gasteiger partial charge in [-0.1, -0.05) is 6.92 Å². The average Bonchev–Trinajstić information content (AvgIpc) is 2.20. The predicted octanol–water partition coefficient (Wildman–Crippen LogP) is 1.56. The van der Waals surface area contributed by atoms with Crippen LogP contribution in [0.15, 0.2) is 0 Å². The Morgan fingerprint density at radius 3 is 2.38 bits per heavy atom. The molecule has 0 amide bonds. The molecule has 0 radical (unpaired) electrons. The first kappa shape index (κ1) is 13.5. The predicted molar refractivity (Wildman–Crippen MR) is 63.8 cm³/mol. The molecule has 1 aliphatic rings. The summed E-state index contributed by atoms with van der Waals surface area (Å²) in [4.78, 5) is 17.0. The van der Waals surface area contributed by atoms with Crippen LogP contribution in [-0.2, 0) is 9.63 Å². The van der Waals surface area contributed by atoms with Crippen molar-refractivity contribution in [3.05, 3.63) is 0 Å². The fourth-order valence-electron chi connectivity index (χ4n) is 1.69. The van der Waals surface area contributed by atoms with Gasteiger partial charge in [0.25, 0.3) is 0 Å². The Labute approximate surface area is 98.3 Å². The molecule has 0 bridgehead atoms. The summed E-state index contributed by atoms with van der Waals surface area (Å²) in [5.41, 5.74) is -0.418. The van der Waals surface area contributed by atoms with Gasteiger partial charge < -0.3 is 10.2 Å². The first-order valence-corrected chi connectivity index (χ1v) is 6.14. The van der Waals surface area contributed by atoms with E-state index in [0.717, 1.165) is 32.5 Å². The zero-order valence-electron chi connectivity index (χ0n) is 10.9. The Balaban J connectivity index is 2.30. The lowest BCUT2D eigenvalue weighted by molar-refractivity contribution is -0.204. The molecule has 0 aliphatic carbocycles. The number of carbonyl (C=O) groups excluding carboxylic acids is 1. The topological polar surface area (TPSA) is 41.6 Å². The number of piperidine rings is 1. The minimum atomic E-state index is -0.418. The summed E-state index contributed by atoms with van der Waals surface area (Å²) in [5.74, 6) is -0.144. The average molecular weight is 228 g/mol. The van der Waals surface area contributed by atoms with E-state index in [1.807, 2.05) is 20.8 Å². The Morgan fingerprint density at radius 2 is 1.94 bits per heavy atom. The van der Waals surface area contributed by atoms with Crippen molar-refractivity contribution in [2.75, 3.05) is 19.6 Å². The zero-order valence-corrected chi connectivity index (χ0v) is 10.9. The number of hydrogen-bond donors (Lipinski definition) is 1. The second kappa shape index (κ2) is 5.64. The van der Waals surface area contributed by atoms with Crippen LogP contribution in [0.5, 0.6) is 0 Å². The van der Waals surface area contributed by atoms with E-state index in [1.165, 1.54) is 0 Å². The molecular weight excluding hydrogens is 204 g/mol. The molecule has 94 valence electrons. The standard InChI is InChI=1S/C12H24N2O2/c1-5-13-10-6-8-14(9-7-10)16-11(15)12(2,3)4/h10,13H,5-9H2,1-4H3. The molecule has 4 heteroatoms. The molecule has 1 heterocycles. The molecule has 0 spiro atoms. The van der Waals surface area contributed by atoms with Crippen LogP contribution in [0.25, 0.3) is 0 Å². The summed E-state index contributed by atoms with van der Waals surface area (Å²) in [6.45, 7) is 10.4. The highest BCUT2D eigenvalue weighted by molar-refractivity contribution is 5.75. The largest absolute Gasteiger partial charge is 0.367 e. The van der Waals surface area contributed by atoms with Crippen molar-refractivity contribution in [1.29, 1.82) is 0 Å². The molecule has 0 aromatic carbocycles. The molecule has 0 unspecified atom stereocenters. The molecule has 16 heavy (non-hydrogen) atoms. The van der Waals surface area contributed by atoms with Crippen LogP contribution in [-0.4, -0.2) is 36.7 Å². The van der Waals surface area contributed by atoms with E-state index in [4.69, 9.17) is 4.84 Å². The number of hydrogen-bond acceptors (Lipinski definition) is 4. The summed E-state index contributed by atoms with van der Waals surface area (Å²) >= 11 is 0. The van der Waals surface area contributed by atoms with Gasteiger partial charge in [-0.3, -0.25) is 0 Å². The Morgan fingerprint density at radius 1 is 1.38 bits per heavy atom. The second-order valence-corrected chi connectivity index (χ2v) is 5.39. The third-order valence-electron chi connectivity index (χ3n) is 2.77. The normalized spacial score (nSPS) is 19.8. The van der Waals surface area contributed by atoms with Crippen molar-refractivity contribution in [1.82, 2.24) is 10.4 Å². The first-order chi connectivity index (χ1) is 7.43. The van der Waals surface area contributed by atoms with Crippen LogP contribution in [0.2, 0.25) is 0 Å². The van der Waals surface area contributed by atoms with Gasteiger partial charge in [0.15, 0.2) is 0 Å². The maximum Gasteiger partial charge on any atom is 0.330 e. The SMILES string of the molecule is CCNC1CCN(OC(=O)C(C)(C)C)CC1. The quantitative estimate of drug-likeness (QED) is 0.796. The van der Waals surface area contributed by atoms with Gasteiger partial charge in [0.05, 0.1) is 5.41 Å². The van der Waals surface area contributed by atoms with Crippen molar-refractivity contribution < 1.29 is 9.63 Å². The Hall–Kier alpha value is -0.610. The van der Waals surface area contributed by atoms with Gasteiger partial charge in [0.1, 0.15) is 0 Å². The van der Waals surface area contributed by atoms with Crippen LogP contribution in [0.3, 0.4) is 0 Å². The fourth-order valence-corrected chi connectivity index (χ4v) is 1.69. The van der Waals surface area contributed by atoms with E-state index in [2.05, 4.69) is 12.2 Å². The minimum absolute atomic E-state index is 0.144. The summed E-state index contributed by atoms with van der Waals surface area (Å²) in [6.07, 6.45) is 2.09. The molecule has 1 saturated heterocycles. The number of rotatable bonds is 3. The molecule has 0 aromatic heterocycles. The lowest BCUT2D eigenvalue weighted by Gasteiger charge is -2.32. The van der Waals surface area contributed by atoms with Crippen LogP contribution >= 0.6 is 0 Å². The Kier molecular flexibility index (Phi) is 4.74. The van der Waals surface area contributed by atoms with E-state index in [1.54, 1.807) is 5.06 Å². The van der Waals surface area contributed by atoms with E-state index in [0.29, 0.717) is 6.04 Å². The highest BCUT2D eigenvalue weighted by Gasteiger charge is 2.28. The molecular formula is C12H24N2O2. The van der Waals surface area contributed by atoms with E-state index in [-0.39, 0.29) is 5.97 Å². The van der Waals surface area contributed by atoms with Crippen molar-refractivity contribution >= 4 is 5.97 Å². The summed E-state index contributed by atoms with van der Waals surface area (Å²) in [6, 6.07) is 0.578. The second-order valence-electron chi connectivity index (χ2n) is 5.39. The molecule has 1 N–H and O–H groups in total. The molecule has 0 atom stereocenters. The lowest BCUT2D eigenvalue weighted by Crippen LogP contribution is -2.44. The third-order valence-corrected chi connectivity index (χ3v) is 2.77. The highest BCUT2D eigenvalue weighted by atomic mass is 16.7. The first-order valence-electron chi connectivity index (χ1n) is 6.14. The zero-order chi connectivity index (χ0) is 12.2. The van der Waals surface area contributed by atoms with E-state index < -0.39 is 5.41 Å². The van der Waals surface area contributed by atoms with Crippen LogP contribution < -0.4 is 5.32 Å². The van der Waals surface area contributed by atoms with Gasteiger partial charge in [-0.15, -0.1) is 5.06 Å². The molecule has 4 nitrogen and oxygen atoms in total. The Bertz CT molecular complexity index is 228. The van der Waals surface area contributed by atoms with Gasteiger partial charge in [0, 0.05) is 19.1 Å². The fraction of sp³-hybridized carbons (Fsp3) is 0.917. The number of nitrogens with zero attached hydrogens (tertiary/aromatic N) is 1. The molecule has 0 aromatic rings. The van der Waals surface area contributed by atoms with Gasteiger partial charge in [-0.25, -0.2) is 4.79 Å². The van der Waals surface area contributed by atoms with E-state index >= 15 is 0 Å². The third kappa shape index (κ3) is 4.10. The van der Waals surface area contributed by atoms with Crippen LogP contribution in [0.4, 0.5) is 0 Å². The highest BCUT2D eigenvalue weighted by Crippen LogP contribution is 2.18. The molecule has 0 saturated carbocycles. The number of nitrogens with one attached hydrogen (secondary N) is 1. The number of carbonyl (C=O) groups is 1. The maximum absolute atomic E-state index is 11.7. The van der Waals surface area contributed by atoms with Crippen molar-refractivity contribution in [3.63, 3.8) is 0 Å². The van der Waals surface area contributed by atoms with Gasteiger partial charge in [-0.05, 0) is 40.2 Å². The molecule has 1 aliphatic heterocycles. The summed E-state index contributed by atoms with van der Waals surface area (Å²) < 4.78 is 0. The van der Waals surface area contributed by atoms with Crippen molar-refractivity contribution in [2.45, 2.75) is 46.6 Å². The van der Waals surface area contributed by atoms with Crippen molar-refractivity contribution in [2.24, 2.45) is 5.41 Å². The monoisotopic (exact) mass is 228 g/mol. The van der Waals surface area contributed by atoms with Crippen molar-refractivity contribution in [3.8, 4) is 0 Å². The van der Waals surface area contributed by atoms with Gasteiger partial charge >= 0.3 is 5.97 Å². The molecule has 1 rings (SSSR count). The maximum atomic E-state index is 11.7. The minimum Gasteiger partial charge on any atom is -0.367 e. The lowest BCUT2D eigenvalue weighted by atomic mass is 9.98. The summed E-state index contributed by atoms with van der Waals surface area (Å²) in [7, 11) is 0. The number of hydroxylamine groups is 2. The van der Waals surface area contributed by atoms with E-state index in [9.17, 15) is 4.79 Å². The van der Waals surface area contributed by atoms with Crippen LogP contribution in [0, 0.1) is 5.41 Å². The summed E-state index contributed by atoms with van der Waals surface area (Å²) in [5, 5.41) is 5.21. The van der Waals surface area contributed by atoms with Crippen LogP contribution in [0.1, 0.15) is 40.5 Å².